The predicted molar refractivity (Wildman–Crippen MR) is 80.1 cm³/mol. The summed E-state index contributed by atoms with van der Waals surface area (Å²) in [6.07, 6.45) is 0. The zero-order valence-corrected chi connectivity index (χ0v) is 11.5. The van der Waals surface area contributed by atoms with Crippen molar-refractivity contribution in [2.24, 2.45) is 0 Å². The van der Waals surface area contributed by atoms with Crippen LogP contribution in [0.15, 0.2) is 54.6 Å². The Kier molecular flexibility index (Phi) is 3.35. The summed E-state index contributed by atoms with van der Waals surface area (Å²) >= 11 is 5.26. The number of H-pyrrole nitrogens is 1. The summed E-state index contributed by atoms with van der Waals surface area (Å²) in [5, 5.41) is 12.7. The zero-order chi connectivity index (χ0) is 13.9. The van der Waals surface area contributed by atoms with E-state index in [4.69, 9.17) is 12.2 Å². The summed E-state index contributed by atoms with van der Waals surface area (Å²) in [6, 6.07) is 16.9. The van der Waals surface area contributed by atoms with Crippen molar-refractivity contribution in [3.63, 3.8) is 0 Å². The standard InChI is InChI=1S/C15H13N3OS/c19-13-8-4-5-11(9-13)10-18-15(20)16-14(17-18)12-6-2-1-3-7-12/h1-9,19H,10H2,(H,16,17,20). The van der Waals surface area contributed by atoms with E-state index in [9.17, 15) is 5.11 Å². The monoisotopic (exact) mass is 283 g/mol. The van der Waals surface area contributed by atoms with Crippen LogP contribution in [-0.2, 0) is 6.54 Å². The van der Waals surface area contributed by atoms with Gasteiger partial charge in [0.15, 0.2) is 5.82 Å². The van der Waals surface area contributed by atoms with Crippen LogP contribution >= 0.6 is 12.2 Å². The van der Waals surface area contributed by atoms with E-state index in [1.807, 2.05) is 42.5 Å². The molecule has 1 heterocycles. The van der Waals surface area contributed by atoms with Gasteiger partial charge in [-0.05, 0) is 29.9 Å². The van der Waals surface area contributed by atoms with Crippen molar-refractivity contribution >= 4 is 12.2 Å². The van der Waals surface area contributed by atoms with Gasteiger partial charge in [0.2, 0.25) is 4.77 Å². The molecule has 0 unspecified atom stereocenters. The molecule has 0 radical (unpaired) electrons. The lowest BCUT2D eigenvalue weighted by Crippen LogP contribution is -2.01. The van der Waals surface area contributed by atoms with Crippen molar-refractivity contribution in [3.05, 3.63) is 64.9 Å². The van der Waals surface area contributed by atoms with E-state index in [-0.39, 0.29) is 5.75 Å². The van der Waals surface area contributed by atoms with Crippen LogP contribution in [0, 0.1) is 4.77 Å². The maximum absolute atomic E-state index is 9.48. The van der Waals surface area contributed by atoms with Crippen molar-refractivity contribution in [2.45, 2.75) is 6.54 Å². The molecule has 2 N–H and O–H groups in total. The zero-order valence-electron chi connectivity index (χ0n) is 10.7. The number of aromatic amines is 1. The van der Waals surface area contributed by atoms with Crippen molar-refractivity contribution in [1.82, 2.24) is 14.8 Å². The Hall–Kier alpha value is -2.40. The first-order valence-corrected chi connectivity index (χ1v) is 6.63. The summed E-state index contributed by atoms with van der Waals surface area (Å²) in [4.78, 5) is 4.36. The van der Waals surface area contributed by atoms with Gasteiger partial charge in [-0.1, -0.05) is 42.5 Å². The average molecular weight is 283 g/mol. The fourth-order valence-corrected chi connectivity index (χ4v) is 2.23. The normalized spacial score (nSPS) is 10.6. The Morgan fingerprint density at radius 3 is 2.65 bits per heavy atom. The van der Waals surface area contributed by atoms with Crippen molar-refractivity contribution in [1.29, 1.82) is 0 Å². The lowest BCUT2D eigenvalue weighted by molar-refractivity contribution is 0.474. The average Bonchev–Trinajstić information content (AvgIpc) is 2.81. The van der Waals surface area contributed by atoms with E-state index in [0.29, 0.717) is 11.3 Å². The van der Waals surface area contributed by atoms with Gasteiger partial charge in [0.05, 0.1) is 6.54 Å². The quantitative estimate of drug-likeness (QED) is 0.725. The first kappa shape index (κ1) is 12.6. The summed E-state index contributed by atoms with van der Waals surface area (Å²) in [6.45, 7) is 0.549. The number of nitrogens with one attached hydrogen (secondary N) is 1. The van der Waals surface area contributed by atoms with Gasteiger partial charge in [0, 0.05) is 5.56 Å². The topological polar surface area (TPSA) is 53.8 Å². The highest BCUT2D eigenvalue weighted by molar-refractivity contribution is 7.71. The molecule has 0 saturated heterocycles. The van der Waals surface area contributed by atoms with Crippen LogP contribution in [-0.4, -0.2) is 19.9 Å². The van der Waals surface area contributed by atoms with Crippen molar-refractivity contribution < 1.29 is 5.11 Å². The molecule has 0 aliphatic heterocycles. The second-order valence-electron chi connectivity index (χ2n) is 4.48. The van der Waals surface area contributed by atoms with E-state index in [0.717, 1.165) is 17.0 Å². The van der Waals surface area contributed by atoms with Crippen LogP contribution in [0.25, 0.3) is 11.4 Å². The molecule has 1 aromatic heterocycles. The highest BCUT2D eigenvalue weighted by Gasteiger charge is 2.05. The molecule has 20 heavy (non-hydrogen) atoms. The summed E-state index contributed by atoms with van der Waals surface area (Å²) in [5.41, 5.74) is 1.96. The van der Waals surface area contributed by atoms with E-state index in [1.165, 1.54) is 0 Å². The van der Waals surface area contributed by atoms with Crippen LogP contribution in [0.4, 0.5) is 0 Å². The lowest BCUT2D eigenvalue weighted by Gasteiger charge is -2.03. The summed E-state index contributed by atoms with van der Waals surface area (Å²) in [5.74, 6) is 0.993. The molecule has 0 amide bonds. The Morgan fingerprint density at radius 1 is 1.10 bits per heavy atom. The minimum Gasteiger partial charge on any atom is -0.508 e. The van der Waals surface area contributed by atoms with Gasteiger partial charge in [0.1, 0.15) is 5.75 Å². The number of rotatable bonds is 3. The number of benzene rings is 2. The highest BCUT2D eigenvalue weighted by Crippen LogP contribution is 2.16. The van der Waals surface area contributed by atoms with Crippen molar-refractivity contribution in [3.8, 4) is 17.1 Å². The number of aromatic hydroxyl groups is 1. The van der Waals surface area contributed by atoms with Crippen LogP contribution in [0.1, 0.15) is 5.56 Å². The molecule has 0 atom stereocenters. The van der Waals surface area contributed by atoms with Gasteiger partial charge in [0.25, 0.3) is 0 Å². The molecule has 0 bridgehead atoms. The molecule has 0 fully saturated rings. The number of hydrogen-bond donors (Lipinski definition) is 2. The first-order chi connectivity index (χ1) is 9.72. The first-order valence-electron chi connectivity index (χ1n) is 6.22. The molecular weight excluding hydrogens is 270 g/mol. The largest absolute Gasteiger partial charge is 0.508 e. The number of nitrogens with zero attached hydrogens (tertiary/aromatic N) is 2. The highest BCUT2D eigenvalue weighted by atomic mass is 32.1. The van der Waals surface area contributed by atoms with Gasteiger partial charge in [-0.15, -0.1) is 0 Å². The van der Waals surface area contributed by atoms with Crippen LogP contribution in [0.2, 0.25) is 0 Å². The minimum atomic E-state index is 0.247. The second kappa shape index (κ2) is 5.30. The maximum Gasteiger partial charge on any atom is 0.216 e. The molecule has 0 saturated carbocycles. The maximum atomic E-state index is 9.48. The lowest BCUT2D eigenvalue weighted by atomic mass is 10.2. The molecule has 0 aliphatic carbocycles. The molecule has 4 nitrogen and oxygen atoms in total. The van der Waals surface area contributed by atoms with E-state index in [2.05, 4.69) is 10.1 Å². The Bertz CT molecular complexity index is 777. The second-order valence-corrected chi connectivity index (χ2v) is 4.84. The Morgan fingerprint density at radius 2 is 1.90 bits per heavy atom. The fraction of sp³-hybridized carbons (Fsp3) is 0.0667. The third-order valence-electron chi connectivity index (χ3n) is 2.98. The van der Waals surface area contributed by atoms with Gasteiger partial charge < -0.3 is 5.11 Å². The Labute approximate surface area is 121 Å². The van der Waals surface area contributed by atoms with E-state index >= 15 is 0 Å². The molecule has 0 spiro atoms. The minimum absolute atomic E-state index is 0.247. The molecule has 2 aromatic carbocycles. The van der Waals surface area contributed by atoms with E-state index in [1.54, 1.807) is 16.8 Å². The van der Waals surface area contributed by atoms with Crippen LogP contribution in [0.3, 0.4) is 0 Å². The summed E-state index contributed by atoms with van der Waals surface area (Å²) in [7, 11) is 0. The number of hydrogen-bond acceptors (Lipinski definition) is 3. The van der Waals surface area contributed by atoms with Gasteiger partial charge in [-0.2, -0.15) is 4.98 Å². The van der Waals surface area contributed by atoms with Crippen molar-refractivity contribution in [2.75, 3.05) is 0 Å². The number of phenolic OH excluding ortho intramolecular Hbond substituents is 1. The van der Waals surface area contributed by atoms with E-state index < -0.39 is 0 Å². The third-order valence-corrected chi connectivity index (χ3v) is 3.29. The fourth-order valence-electron chi connectivity index (χ4n) is 2.03. The molecule has 3 rings (SSSR count). The molecular formula is C15H13N3OS. The molecule has 0 aliphatic rings. The van der Waals surface area contributed by atoms with Gasteiger partial charge in [-0.3, -0.25) is 9.78 Å². The SMILES string of the molecule is Oc1cccc(Cn2[nH]c(-c3ccccc3)nc2=S)c1. The Balaban J connectivity index is 1.92. The molecule has 100 valence electrons. The molecule has 5 heteroatoms. The van der Waals surface area contributed by atoms with Gasteiger partial charge >= 0.3 is 0 Å². The van der Waals surface area contributed by atoms with Crippen LogP contribution < -0.4 is 0 Å². The smallest absolute Gasteiger partial charge is 0.216 e. The predicted octanol–water partition coefficient (Wildman–Crippen LogP) is 3.36. The third kappa shape index (κ3) is 2.62. The summed E-state index contributed by atoms with van der Waals surface area (Å²) < 4.78 is 2.28. The molecule has 3 aromatic rings. The number of aromatic nitrogens is 3. The van der Waals surface area contributed by atoms with Crippen LogP contribution in [0.5, 0.6) is 5.75 Å². The number of phenols is 1. The van der Waals surface area contributed by atoms with Gasteiger partial charge in [-0.25, -0.2) is 0 Å².